The molecule has 1 heterocycles. The molecule has 0 unspecified atom stereocenters. The lowest BCUT2D eigenvalue weighted by atomic mass is 10.1. The molecular formula is C13H12BrClN2O. The van der Waals surface area contributed by atoms with Crippen LogP contribution < -0.4 is 10.5 Å². The topological polar surface area (TPSA) is 48.1 Å². The summed E-state index contributed by atoms with van der Waals surface area (Å²) in [6.07, 6.45) is 0. The van der Waals surface area contributed by atoms with Gasteiger partial charge in [-0.15, -0.1) is 0 Å². The third-order valence-electron chi connectivity index (χ3n) is 2.48. The van der Waals surface area contributed by atoms with Gasteiger partial charge in [0, 0.05) is 4.47 Å². The van der Waals surface area contributed by atoms with E-state index in [4.69, 9.17) is 22.1 Å². The van der Waals surface area contributed by atoms with Gasteiger partial charge in [-0.05, 0) is 49.2 Å². The summed E-state index contributed by atoms with van der Waals surface area (Å²) in [7, 11) is 0. The molecule has 0 radical (unpaired) electrons. The maximum absolute atomic E-state index is 5.82. The third kappa shape index (κ3) is 2.76. The highest BCUT2D eigenvalue weighted by Gasteiger charge is 2.08. The molecule has 1 aromatic carbocycles. The molecule has 0 atom stereocenters. The Balaban J connectivity index is 2.37. The summed E-state index contributed by atoms with van der Waals surface area (Å²) in [6.45, 7) is 4.00. The Hall–Kier alpha value is -1.26. The molecule has 0 aliphatic carbocycles. The largest absolute Gasteiger partial charge is 0.437 e. The average Bonchev–Trinajstić information content (AvgIpc) is 2.31. The summed E-state index contributed by atoms with van der Waals surface area (Å²) in [5.74, 6) is 1.01. The normalized spacial score (nSPS) is 10.4. The van der Waals surface area contributed by atoms with Crippen LogP contribution in [-0.4, -0.2) is 4.98 Å². The monoisotopic (exact) mass is 326 g/mol. The second-order valence-electron chi connectivity index (χ2n) is 4.00. The van der Waals surface area contributed by atoms with E-state index in [2.05, 4.69) is 20.9 Å². The highest BCUT2D eigenvalue weighted by atomic mass is 79.9. The summed E-state index contributed by atoms with van der Waals surface area (Å²) >= 11 is 9.32. The molecule has 0 saturated heterocycles. The Morgan fingerprint density at radius 1 is 1.22 bits per heavy atom. The van der Waals surface area contributed by atoms with Crippen LogP contribution in [0.25, 0.3) is 0 Å². The van der Waals surface area contributed by atoms with E-state index in [0.717, 1.165) is 15.6 Å². The van der Waals surface area contributed by atoms with E-state index in [1.807, 2.05) is 26.0 Å². The van der Waals surface area contributed by atoms with Gasteiger partial charge in [0.15, 0.2) is 0 Å². The molecule has 2 rings (SSSR count). The van der Waals surface area contributed by atoms with Crippen molar-refractivity contribution in [1.29, 1.82) is 0 Å². The predicted octanol–water partition coefficient (Wildman–Crippen LogP) is 4.49. The van der Waals surface area contributed by atoms with Crippen molar-refractivity contribution in [3.8, 4) is 11.6 Å². The number of nitrogen functional groups attached to an aromatic ring is 1. The van der Waals surface area contributed by atoms with Crippen LogP contribution in [0.15, 0.2) is 28.7 Å². The maximum atomic E-state index is 5.82. The molecule has 2 N–H and O–H groups in total. The molecule has 0 aliphatic rings. The number of hydrogen-bond acceptors (Lipinski definition) is 3. The first-order valence-electron chi connectivity index (χ1n) is 5.34. The molecule has 0 spiro atoms. The van der Waals surface area contributed by atoms with Gasteiger partial charge in [-0.2, -0.15) is 4.98 Å². The smallest absolute Gasteiger partial charge is 0.244 e. The Morgan fingerprint density at radius 2 is 1.83 bits per heavy atom. The van der Waals surface area contributed by atoms with Crippen LogP contribution in [0.3, 0.4) is 0 Å². The van der Waals surface area contributed by atoms with E-state index in [0.29, 0.717) is 22.5 Å². The van der Waals surface area contributed by atoms with Gasteiger partial charge in [-0.25, -0.2) is 0 Å². The number of nitrogens with zero attached hydrogens (tertiary/aromatic N) is 1. The summed E-state index contributed by atoms with van der Waals surface area (Å²) < 4.78 is 6.74. The van der Waals surface area contributed by atoms with Crippen molar-refractivity contribution in [1.82, 2.24) is 4.98 Å². The lowest BCUT2D eigenvalue weighted by molar-refractivity contribution is 0.465. The summed E-state index contributed by atoms with van der Waals surface area (Å²) in [4.78, 5) is 4.06. The Labute approximate surface area is 119 Å². The predicted molar refractivity (Wildman–Crippen MR) is 77.3 cm³/mol. The number of anilines is 1. The van der Waals surface area contributed by atoms with Gasteiger partial charge in [0.05, 0.1) is 5.69 Å². The van der Waals surface area contributed by atoms with Gasteiger partial charge in [0.25, 0.3) is 0 Å². The van der Waals surface area contributed by atoms with Gasteiger partial charge in [0.1, 0.15) is 10.9 Å². The van der Waals surface area contributed by atoms with E-state index >= 15 is 0 Å². The molecular weight excluding hydrogens is 316 g/mol. The molecule has 2 aromatic rings. The van der Waals surface area contributed by atoms with E-state index in [9.17, 15) is 0 Å². The van der Waals surface area contributed by atoms with Gasteiger partial charge >= 0.3 is 0 Å². The number of ether oxygens (including phenoxy) is 1. The fourth-order valence-electron chi connectivity index (χ4n) is 1.59. The van der Waals surface area contributed by atoms with Gasteiger partial charge in [0.2, 0.25) is 5.88 Å². The van der Waals surface area contributed by atoms with Crippen LogP contribution >= 0.6 is 27.5 Å². The zero-order chi connectivity index (χ0) is 13.3. The van der Waals surface area contributed by atoms with Crippen molar-refractivity contribution in [3.63, 3.8) is 0 Å². The van der Waals surface area contributed by atoms with E-state index in [1.54, 1.807) is 12.1 Å². The molecule has 0 amide bonds. The molecule has 3 nitrogen and oxygen atoms in total. The molecule has 1 aromatic heterocycles. The van der Waals surface area contributed by atoms with E-state index in [1.165, 1.54) is 0 Å². The summed E-state index contributed by atoms with van der Waals surface area (Å²) in [5, 5.41) is 0.352. The van der Waals surface area contributed by atoms with Crippen molar-refractivity contribution < 1.29 is 4.74 Å². The third-order valence-corrected chi connectivity index (χ3v) is 3.94. The molecule has 0 aliphatic heterocycles. The first-order valence-corrected chi connectivity index (χ1v) is 6.51. The van der Waals surface area contributed by atoms with Gasteiger partial charge in [-0.3, -0.25) is 0 Å². The minimum absolute atomic E-state index is 0.323. The van der Waals surface area contributed by atoms with Crippen LogP contribution in [0.1, 0.15) is 11.1 Å². The summed E-state index contributed by atoms with van der Waals surface area (Å²) in [6, 6.07) is 7.13. The average molecular weight is 328 g/mol. The van der Waals surface area contributed by atoms with E-state index in [-0.39, 0.29) is 0 Å². The highest BCUT2D eigenvalue weighted by Crippen LogP contribution is 2.31. The molecule has 0 fully saturated rings. The molecule has 94 valence electrons. The lowest BCUT2D eigenvalue weighted by Crippen LogP contribution is -1.96. The van der Waals surface area contributed by atoms with E-state index < -0.39 is 0 Å². The minimum atomic E-state index is 0.323. The SMILES string of the molecule is Cc1cc(Oc2nc(Cl)ccc2N)cc(C)c1Br. The zero-order valence-electron chi connectivity index (χ0n) is 10.00. The fourth-order valence-corrected chi connectivity index (χ4v) is 1.96. The number of halogens is 2. The first kappa shape index (κ1) is 13.2. The minimum Gasteiger partial charge on any atom is -0.437 e. The van der Waals surface area contributed by atoms with Crippen molar-refractivity contribution in [2.45, 2.75) is 13.8 Å². The molecule has 0 saturated carbocycles. The Kier molecular flexibility index (Phi) is 3.78. The van der Waals surface area contributed by atoms with Crippen molar-refractivity contribution in [2.75, 3.05) is 5.73 Å². The Bertz CT molecular complexity index is 579. The van der Waals surface area contributed by atoms with Crippen molar-refractivity contribution in [3.05, 3.63) is 45.0 Å². The lowest BCUT2D eigenvalue weighted by Gasteiger charge is -2.10. The van der Waals surface area contributed by atoms with Crippen LogP contribution in [0.4, 0.5) is 5.69 Å². The van der Waals surface area contributed by atoms with Gasteiger partial charge < -0.3 is 10.5 Å². The second kappa shape index (κ2) is 5.16. The van der Waals surface area contributed by atoms with Crippen molar-refractivity contribution in [2.24, 2.45) is 0 Å². The number of aryl methyl sites for hydroxylation is 2. The number of pyridine rings is 1. The fraction of sp³-hybridized carbons (Fsp3) is 0.154. The molecule has 0 bridgehead atoms. The maximum Gasteiger partial charge on any atom is 0.244 e. The summed E-state index contributed by atoms with van der Waals surface area (Å²) in [5.41, 5.74) is 8.42. The standard InChI is InChI=1S/C13H12BrClN2O/c1-7-5-9(6-8(2)12(7)14)18-13-10(16)3-4-11(15)17-13/h3-6H,16H2,1-2H3. The second-order valence-corrected chi connectivity index (χ2v) is 5.18. The number of benzene rings is 1. The van der Waals surface area contributed by atoms with Crippen LogP contribution in [0.5, 0.6) is 11.6 Å². The van der Waals surface area contributed by atoms with Crippen LogP contribution in [0, 0.1) is 13.8 Å². The molecule has 18 heavy (non-hydrogen) atoms. The van der Waals surface area contributed by atoms with Crippen LogP contribution in [-0.2, 0) is 0 Å². The zero-order valence-corrected chi connectivity index (χ0v) is 12.3. The number of aromatic nitrogens is 1. The number of nitrogens with two attached hydrogens (primary N) is 1. The highest BCUT2D eigenvalue weighted by molar-refractivity contribution is 9.10. The van der Waals surface area contributed by atoms with Crippen molar-refractivity contribution >= 4 is 33.2 Å². The van der Waals surface area contributed by atoms with Crippen LogP contribution in [0.2, 0.25) is 5.15 Å². The quantitative estimate of drug-likeness (QED) is 0.827. The van der Waals surface area contributed by atoms with Gasteiger partial charge in [-0.1, -0.05) is 27.5 Å². The Morgan fingerprint density at radius 3 is 2.44 bits per heavy atom. The first-order chi connectivity index (χ1) is 8.47. The number of rotatable bonds is 2. The number of hydrogen-bond donors (Lipinski definition) is 1. The molecule has 5 heteroatoms.